The van der Waals surface area contributed by atoms with Crippen molar-refractivity contribution in [3.63, 3.8) is 0 Å². The van der Waals surface area contributed by atoms with Crippen LogP contribution in [0.5, 0.6) is 0 Å². The molecule has 28 heavy (non-hydrogen) atoms. The van der Waals surface area contributed by atoms with Gasteiger partial charge in [0.15, 0.2) is 0 Å². The third kappa shape index (κ3) is 2.19. The topological polar surface area (TPSA) is 58.9 Å². The molecule has 5 heteroatoms. The largest absolute Gasteiger partial charge is 0.387 e. The number of nitrogens with two attached hydrogens (primary N) is 1. The summed E-state index contributed by atoms with van der Waals surface area (Å²) in [5.41, 5.74) is 14.1. The van der Waals surface area contributed by atoms with Crippen molar-refractivity contribution in [2.45, 2.75) is 38.1 Å². The zero-order valence-corrected chi connectivity index (χ0v) is 16.0. The zero-order chi connectivity index (χ0) is 18.9. The fourth-order valence-corrected chi connectivity index (χ4v) is 4.93. The summed E-state index contributed by atoms with van der Waals surface area (Å²) in [5, 5.41) is 0. The lowest BCUT2D eigenvalue weighted by Crippen LogP contribution is -2.54. The molecule has 0 saturated carbocycles. The number of amidine groups is 1. The minimum atomic E-state index is 0.229. The van der Waals surface area contributed by atoms with E-state index in [4.69, 9.17) is 5.73 Å². The van der Waals surface area contributed by atoms with Gasteiger partial charge in [-0.1, -0.05) is 12.1 Å². The number of fused-ring (bicyclic) bond motifs is 3. The third-order valence-electron chi connectivity index (χ3n) is 6.49. The number of aliphatic imine (C=N–C) groups is 1. The Labute approximate surface area is 164 Å². The summed E-state index contributed by atoms with van der Waals surface area (Å²) in [6.45, 7) is 3.49. The van der Waals surface area contributed by atoms with Crippen LogP contribution in [0.1, 0.15) is 37.4 Å². The van der Waals surface area contributed by atoms with Crippen LogP contribution in [0, 0.1) is 0 Å². The van der Waals surface area contributed by atoms with Gasteiger partial charge < -0.3 is 10.6 Å². The second-order valence-corrected chi connectivity index (χ2v) is 8.41. The summed E-state index contributed by atoms with van der Waals surface area (Å²) < 4.78 is 2.22. The number of aromatic nitrogens is 2. The van der Waals surface area contributed by atoms with Crippen LogP contribution in [0.25, 0.3) is 22.5 Å². The van der Waals surface area contributed by atoms with Crippen LogP contribution in [-0.2, 0) is 6.42 Å². The molecule has 5 heterocycles. The van der Waals surface area contributed by atoms with Gasteiger partial charge in [-0.15, -0.1) is 0 Å². The van der Waals surface area contributed by atoms with E-state index in [2.05, 4.69) is 68.8 Å². The number of rotatable bonds is 2. The van der Waals surface area contributed by atoms with E-state index in [-0.39, 0.29) is 5.54 Å². The van der Waals surface area contributed by atoms with Crippen molar-refractivity contribution >= 4 is 22.9 Å². The van der Waals surface area contributed by atoms with Gasteiger partial charge in [-0.3, -0.25) is 4.40 Å². The molecule has 140 valence electrons. The van der Waals surface area contributed by atoms with E-state index in [9.17, 15) is 0 Å². The Kier molecular flexibility index (Phi) is 3.11. The van der Waals surface area contributed by atoms with E-state index in [0.717, 1.165) is 35.4 Å². The molecule has 0 aliphatic carbocycles. The van der Waals surface area contributed by atoms with E-state index in [1.165, 1.54) is 36.2 Å². The Hall–Kier alpha value is -3.08. The van der Waals surface area contributed by atoms with Gasteiger partial charge in [0.1, 0.15) is 11.5 Å². The van der Waals surface area contributed by atoms with Crippen molar-refractivity contribution in [1.29, 1.82) is 0 Å². The van der Waals surface area contributed by atoms with E-state index < -0.39 is 0 Å². The Morgan fingerprint density at radius 1 is 1.11 bits per heavy atom. The smallest absolute Gasteiger partial charge is 0.137 e. The fraction of sp³-hybridized carbons (Fsp3) is 0.304. The summed E-state index contributed by atoms with van der Waals surface area (Å²) in [6, 6.07) is 10.7. The van der Waals surface area contributed by atoms with Crippen molar-refractivity contribution in [3.8, 4) is 11.1 Å². The van der Waals surface area contributed by atoms with Crippen LogP contribution in [0.2, 0.25) is 0 Å². The number of piperidine rings is 1. The first-order chi connectivity index (χ1) is 13.6. The minimum absolute atomic E-state index is 0.229. The summed E-state index contributed by atoms with van der Waals surface area (Å²) in [7, 11) is 0. The van der Waals surface area contributed by atoms with E-state index in [0.29, 0.717) is 5.84 Å². The number of pyridine rings is 1. The quantitative estimate of drug-likeness (QED) is 0.738. The normalized spacial score (nSPS) is 23.1. The number of hydrogen-bond acceptors (Lipinski definition) is 4. The molecule has 0 spiro atoms. The molecule has 5 nitrogen and oxygen atoms in total. The Bertz CT molecular complexity index is 1180. The lowest BCUT2D eigenvalue weighted by atomic mass is 9.80. The van der Waals surface area contributed by atoms with Gasteiger partial charge in [0.25, 0.3) is 0 Å². The maximum atomic E-state index is 5.90. The first-order valence-corrected chi connectivity index (χ1v) is 10.1. The first kappa shape index (κ1) is 15.9. The highest BCUT2D eigenvalue weighted by molar-refractivity contribution is 5.91. The molecule has 1 saturated heterocycles. The highest BCUT2D eigenvalue weighted by Crippen LogP contribution is 2.45. The van der Waals surface area contributed by atoms with Crippen LogP contribution < -0.4 is 5.73 Å². The van der Waals surface area contributed by atoms with Gasteiger partial charge in [-0.25, -0.2) is 9.98 Å². The molecular weight excluding hydrogens is 346 g/mol. The third-order valence-corrected chi connectivity index (χ3v) is 6.49. The molecule has 3 aliphatic heterocycles. The standard InChI is InChI=1S/C23H23N5/c1-23-8-2-3-9-28(23)19(12-23)20-13-25-22-7-6-17(14-27(20)22)15-4-5-16-11-21(24)26-18(16)10-15/h4-7,10,12-14H,2-3,8-9,11H2,1H3,(H2,24,26). The molecule has 3 aromatic rings. The van der Waals surface area contributed by atoms with Crippen LogP contribution in [0.3, 0.4) is 0 Å². The van der Waals surface area contributed by atoms with Gasteiger partial charge in [-0.05, 0) is 67.2 Å². The van der Waals surface area contributed by atoms with Crippen LogP contribution in [0.15, 0.2) is 53.8 Å². The average molecular weight is 369 g/mol. The van der Waals surface area contributed by atoms with Gasteiger partial charge >= 0.3 is 0 Å². The molecule has 2 aromatic heterocycles. The maximum absolute atomic E-state index is 5.90. The summed E-state index contributed by atoms with van der Waals surface area (Å²) in [4.78, 5) is 11.7. The van der Waals surface area contributed by atoms with Crippen molar-refractivity contribution < 1.29 is 0 Å². The molecule has 0 radical (unpaired) electrons. The van der Waals surface area contributed by atoms with Crippen LogP contribution in [0.4, 0.5) is 5.69 Å². The van der Waals surface area contributed by atoms with Crippen LogP contribution >= 0.6 is 0 Å². The molecule has 2 N–H and O–H groups in total. The van der Waals surface area contributed by atoms with Crippen molar-refractivity contribution in [1.82, 2.24) is 14.3 Å². The highest BCUT2D eigenvalue weighted by atomic mass is 15.3. The van der Waals surface area contributed by atoms with Gasteiger partial charge in [0.2, 0.25) is 0 Å². The van der Waals surface area contributed by atoms with Crippen molar-refractivity contribution in [3.05, 3.63) is 60.1 Å². The molecular formula is C23H23N5. The highest BCUT2D eigenvalue weighted by Gasteiger charge is 2.42. The summed E-state index contributed by atoms with van der Waals surface area (Å²) >= 11 is 0. The number of benzene rings is 1. The molecule has 1 unspecified atom stereocenters. The average Bonchev–Trinajstić information content (AvgIpc) is 3.26. The summed E-state index contributed by atoms with van der Waals surface area (Å²) in [6.07, 6.45) is 11.2. The predicted octanol–water partition coefficient (Wildman–Crippen LogP) is 4.15. The van der Waals surface area contributed by atoms with Crippen molar-refractivity contribution in [2.24, 2.45) is 10.7 Å². The molecule has 1 atom stereocenters. The lowest BCUT2D eigenvalue weighted by Gasteiger charge is -2.53. The summed E-state index contributed by atoms with van der Waals surface area (Å²) in [5.74, 6) is 0.695. The van der Waals surface area contributed by atoms with Crippen molar-refractivity contribution in [2.75, 3.05) is 6.54 Å². The molecule has 6 rings (SSSR count). The Morgan fingerprint density at radius 3 is 2.89 bits per heavy atom. The zero-order valence-electron chi connectivity index (χ0n) is 16.0. The SMILES string of the molecule is CC12C=C(c3cnc4ccc(-c5ccc6c(c5)N=C(N)C6)cn34)N1CCCC2. The number of imidazole rings is 1. The van der Waals surface area contributed by atoms with Gasteiger partial charge in [0, 0.05) is 19.2 Å². The minimum Gasteiger partial charge on any atom is -0.387 e. The number of nitrogens with zero attached hydrogens (tertiary/aromatic N) is 4. The lowest BCUT2D eigenvalue weighted by molar-refractivity contribution is 0.140. The number of hydrogen-bond donors (Lipinski definition) is 1. The Morgan fingerprint density at radius 2 is 2.00 bits per heavy atom. The second kappa shape index (κ2) is 5.47. The molecule has 1 aromatic carbocycles. The monoisotopic (exact) mass is 369 g/mol. The van der Waals surface area contributed by atoms with Gasteiger partial charge in [-0.2, -0.15) is 0 Å². The predicted molar refractivity (Wildman–Crippen MR) is 113 cm³/mol. The molecule has 0 amide bonds. The second-order valence-electron chi connectivity index (χ2n) is 8.41. The van der Waals surface area contributed by atoms with Gasteiger partial charge in [0.05, 0.1) is 28.8 Å². The van der Waals surface area contributed by atoms with E-state index in [1.807, 2.05) is 6.20 Å². The molecule has 0 bridgehead atoms. The molecule has 1 fully saturated rings. The first-order valence-electron chi connectivity index (χ1n) is 10.1. The van der Waals surface area contributed by atoms with E-state index in [1.54, 1.807) is 0 Å². The fourth-order valence-electron chi connectivity index (χ4n) is 4.93. The van der Waals surface area contributed by atoms with Crippen LogP contribution in [-0.4, -0.2) is 32.2 Å². The van der Waals surface area contributed by atoms with E-state index >= 15 is 0 Å². The molecule has 3 aliphatic rings. The maximum Gasteiger partial charge on any atom is 0.137 e. The Balaban J connectivity index is 1.44.